The first kappa shape index (κ1) is 18.9. The van der Waals surface area contributed by atoms with Gasteiger partial charge in [-0.05, 0) is 57.8 Å². The van der Waals surface area contributed by atoms with Crippen molar-refractivity contribution in [2.24, 2.45) is 11.8 Å². The molecule has 0 aromatic heterocycles. The minimum absolute atomic E-state index is 0.215. The zero-order valence-electron chi connectivity index (χ0n) is 13.5. The molecule has 2 atom stereocenters. The summed E-state index contributed by atoms with van der Waals surface area (Å²) in [4.78, 5) is 10.7. The molecule has 0 rings (SSSR count). The van der Waals surface area contributed by atoms with Gasteiger partial charge in [0, 0.05) is 0 Å². The summed E-state index contributed by atoms with van der Waals surface area (Å²) in [5.74, 6) is -0.112. The van der Waals surface area contributed by atoms with Gasteiger partial charge in [0.05, 0.1) is 5.92 Å². The topological polar surface area (TPSA) is 37.3 Å². The van der Waals surface area contributed by atoms with Crippen LogP contribution in [-0.2, 0) is 4.79 Å². The first-order valence-electron chi connectivity index (χ1n) is 7.96. The molecule has 2 nitrogen and oxygen atoms in total. The fourth-order valence-electron chi connectivity index (χ4n) is 2.28. The summed E-state index contributed by atoms with van der Waals surface area (Å²) in [5.41, 5.74) is 1.40. The van der Waals surface area contributed by atoms with E-state index in [1.165, 1.54) is 24.8 Å². The van der Waals surface area contributed by atoms with E-state index in [9.17, 15) is 4.79 Å². The molecule has 1 N–H and O–H groups in total. The van der Waals surface area contributed by atoms with Gasteiger partial charge in [-0.1, -0.05) is 38.0 Å². The molecule has 0 aromatic carbocycles. The van der Waals surface area contributed by atoms with Crippen molar-refractivity contribution in [3.63, 3.8) is 0 Å². The summed E-state index contributed by atoms with van der Waals surface area (Å²) in [6.45, 7) is 10.0. The first-order valence-corrected chi connectivity index (χ1v) is 7.96. The molecule has 0 amide bonds. The molecule has 0 aliphatic heterocycles. The Kier molecular flexibility index (Phi) is 11.1. The number of hydrogen-bond donors (Lipinski definition) is 1. The second-order valence-electron chi connectivity index (χ2n) is 6.08. The molecule has 0 heterocycles. The lowest BCUT2D eigenvalue weighted by Gasteiger charge is -2.09. The number of unbranched alkanes of at least 4 members (excludes halogenated alkanes) is 1. The van der Waals surface area contributed by atoms with Gasteiger partial charge in [-0.25, -0.2) is 0 Å². The summed E-state index contributed by atoms with van der Waals surface area (Å²) in [7, 11) is 0. The molecule has 0 saturated carbocycles. The van der Waals surface area contributed by atoms with E-state index in [4.69, 9.17) is 5.11 Å². The van der Waals surface area contributed by atoms with Crippen LogP contribution in [0.3, 0.4) is 0 Å². The molecule has 0 aromatic rings. The van der Waals surface area contributed by atoms with Crippen molar-refractivity contribution in [3.05, 3.63) is 24.3 Å². The van der Waals surface area contributed by atoms with E-state index in [2.05, 4.69) is 26.5 Å². The average molecular weight is 280 g/mol. The molecular formula is C18H32O2. The Morgan fingerprint density at radius 3 is 2.45 bits per heavy atom. The molecule has 2 unspecified atom stereocenters. The Morgan fingerprint density at radius 2 is 1.85 bits per heavy atom. The normalized spacial score (nSPS) is 14.8. The summed E-state index contributed by atoms with van der Waals surface area (Å²) in [6, 6.07) is 0. The van der Waals surface area contributed by atoms with Crippen LogP contribution in [0.25, 0.3) is 0 Å². The van der Waals surface area contributed by atoms with Crippen LogP contribution < -0.4 is 0 Å². The van der Waals surface area contributed by atoms with Gasteiger partial charge in [0.2, 0.25) is 0 Å². The Hall–Kier alpha value is -1.05. The number of aliphatic carboxylic acids is 1. The van der Waals surface area contributed by atoms with Crippen LogP contribution in [-0.4, -0.2) is 11.1 Å². The Balaban J connectivity index is 3.69. The maximum atomic E-state index is 10.7. The number of hydrogen-bond acceptors (Lipinski definition) is 1. The molecule has 0 radical (unpaired) electrons. The van der Waals surface area contributed by atoms with Crippen LogP contribution in [0.4, 0.5) is 0 Å². The summed E-state index contributed by atoms with van der Waals surface area (Å²) in [5, 5.41) is 8.82. The zero-order chi connectivity index (χ0) is 15.4. The molecule has 0 aliphatic carbocycles. The van der Waals surface area contributed by atoms with Crippen LogP contribution >= 0.6 is 0 Å². The first-order chi connectivity index (χ1) is 9.47. The van der Waals surface area contributed by atoms with E-state index in [-0.39, 0.29) is 5.92 Å². The number of carboxylic acid groups (broad SMARTS) is 1. The number of carboxylic acids is 1. The average Bonchev–Trinajstić information content (AvgIpc) is 2.38. The van der Waals surface area contributed by atoms with E-state index in [1.807, 2.05) is 6.08 Å². The van der Waals surface area contributed by atoms with Crippen molar-refractivity contribution in [2.45, 2.75) is 72.1 Å². The molecule has 0 fully saturated rings. The van der Waals surface area contributed by atoms with E-state index in [0.29, 0.717) is 0 Å². The number of carbonyl (C=O) groups is 1. The van der Waals surface area contributed by atoms with Gasteiger partial charge in [0.1, 0.15) is 0 Å². The van der Waals surface area contributed by atoms with Gasteiger partial charge in [-0.2, -0.15) is 0 Å². The van der Waals surface area contributed by atoms with Gasteiger partial charge < -0.3 is 5.11 Å². The van der Waals surface area contributed by atoms with Crippen LogP contribution in [0.2, 0.25) is 0 Å². The van der Waals surface area contributed by atoms with Crippen molar-refractivity contribution in [1.29, 1.82) is 0 Å². The number of allylic oxidation sites excluding steroid dienone is 3. The maximum Gasteiger partial charge on any atom is 0.306 e. The third-order valence-electron chi connectivity index (χ3n) is 3.89. The van der Waals surface area contributed by atoms with Crippen LogP contribution in [0.1, 0.15) is 72.1 Å². The molecule has 0 aliphatic rings. The predicted octanol–water partition coefficient (Wildman–Crippen LogP) is 5.60. The summed E-state index contributed by atoms with van der Waals surface area (Å²) >= 11 is 0. The summed E-state index contributed by atoms with van der Waals surface area (Å²) < 4.78 is 0. The Labute approximate surface area is 125 Å². The molecular weight excluding hydrogens is 248 g/mol. The van der Waals surface area contributed by atoms with Crippen LogP contribution in [0.5, 0.6) is 0 Å². The molecule has 0 saturated heterocycles. The third kappa shape index (κ3) is 10.8. The monoisotopic (exact) mass is 280 g/mol. The maximum absolute atomic E-state index is 10.7. The van der Waals surface area contributed by atoms with E-state index in [0.717, 1.165) is 38.0 Å². The number of rotatable bonds is 12. The lowest BCUT2D eigenvalue weighted by atomic mass is 9.97. The fourth-order valence-corrected chi connectivity index (χ4v) is 2.28. The second kappa shape index (κ2) is 11.7. The van der Waals surface area contributed by atoms with Gasteiger partial charge in [-0.3, -0.25) is 4.79 Å². The molecule has 0 spiro atoms. The lowest BCUT2D eigenvalue weighted by Crippen LogP contribution is -2.08. The second-order valence-corrected chi connectivity index (χ2v) is 6.08. The fraction of sp³-hybridized carbons (Fsp3) is 0.722. The van der Waals surface area contributed by atoms with Crippen LogP contribution in [0.15, 0.2) is 24.3 Å². The van der Waals surface area contributed by atoms with Crippen molar-refractivity contribution >= 4 is 5.97 Å². The SMILES string of the molecule is C=CCCCC(C)CCC=C(C)CCCC(C)C(=O)O. The van der Waals surface area contributed by atoms with E-state index >= 15 is 0 Å². The predicted molar refractivity (Wildman–Crippen MR) is 86.9 cm³/mol. The van der Waals surface area contributed by atoms with E-state index in [1.54, 1.807) is 6.92 Å². The Morgan fingerprint density at radius 1 is 1.15 bits per heavy atom. The molecule has 20 heavy (non-hydrogen) atoms. The molecule has 2 heteroatoms. The minimum Gasteiger partial charge on any atom is -0.481 e. The highest BCUT2D eigenvalue weighted by atomic mass is 16.4. The largest absolute Gasteiger partial charge is 0.481 e. The zero-order valence-corrected chi connectivity index (χ0v) is 13.5. The molecule has 0 bridgehead atoms. The third-order valence-corrected chi connectivity index (χ3v) is 3.89. The standard InChI is InChI=1S/C18H32O2/c1-5-6-7-10-15(2)11-8-12-16(3)13-9-14-17(4)18(19)20/h5,12,15,17H,1,6-11,13-14H2,2-4H3,(H,19,20). The quantitative estimate of drug-likeness (QED) is 0.373. The van der Waals surface area contributed by atoms with Crippen molar-refractivity contribution < 1.29 is 9.90 Å². The van der Waals surface area contributed by atoms with Gasteiger partial charge in [0.15, 0.2) is 0 Å². The smallest absolute Gasteiger partial charge is 0.306 e. The molecule has 116 valence electrons. The van der Waals surface area contributed by atoms with Gasteiger partial charge >= 0.3 is 5.97 Å². The van der Waals surface area contributed by atoms with E-state index < -0.39 is 5.97 Å². The van der Waals surface area contributed by atoms with Gasteiger partial charge in [0.25, 0.3) is 0 Å². The van der Waals surface area contributed by atoms with Crippen molar-refractivity contribution in [2.75, 3.05) is 0 Å². The van der Waals surface area contributed by atoms with Crippen molar-refractivity contribution in [3.8, 4) is 0 Å². The Bertz CT molecular complexity index is 305. The minimum atomic E-state index is -0.681. The van der Waals surface area contributed by atoms with Gasteiger partial charge in [-0.15, -0.1) is 6.58 Å². The highest BCUT2D eigenvalue weighted by molar-refractivity contribution is 5.69. The lowest BCUT2D eigenvalue weighted by molar-refractivity contribution is -0.141. The summed E-state index contributed by atoms with van der Waals surface area (Å²) in [6.07, 6.45) is 13.2. The van der Waals surface area contributed by atoms with Crippen LogP contribution in [0, 0.1) is 11.8 Å². The van der Waals surface area contributed by atoms with Crippen molar-refractivity contribution in [1.82, 2.24) is 0 Å². The highest BCUT2D eigenvalue weighted by Gasteiger charge is 2.09. The highest BCUT2D eigenvalue weighted by Crippen LogP contribution is 2.17.